The Labute approximate surface area is 172 Å². The Morgan fingerprint density at radius 2 is 2.18 bits per heavy atom. The number of hydrogen-bond donors (Lipinski definition) is 1. The smallest absolute Gasteiger partial charge is 0.257 e. The van der Waals surface area contributed by atoms with Crippen molar-refractivity contribution in [1.82, 2.24) is 15.1 Å². The fourth-order valence-electron chi connectivity index (χ4n) is 2.58. The molecule has 1 amide bonds. The molecule has 1 aromatic carbocycles. The van der Waals surface area contributed by atoms with Crippen molar-refractivity contribution in [2.24, 2.45) is 0 Å². The molecule has 28 heavy (non-hydrogen) atoms. The number of anilines is 1. The van der Waals surface area contributed by atoms with E-state index in [9.17, 15) is 4.79 Å². The molecule has 2 heterocycles. The molecule has 2 aromatic heterocycles. The molecule has 9 heteroatoms. The highest BCUT2D eigenvalue weighted by molar-refractivity contribution is 7.13. The van der Waals surface area contributed by atoms with E-state index in [-0.39, 0.29) is 12.5 Å². The van der Waals surface area contributed by atoms with Crippen molar-refractivity contribution in [1.29, 1.82) is 0 Å². The summed E-state index contributed by atoms with van der Waals surface area (Å²) in [7, 11) is 1.62. The van der Waals surface area contributed by atoms with E-state index in [1.54, 1.807) is 19.2 Å². The van der Waals surface area contributed by atoms with Crippen LogP contribution in [0, 0.1) is 6.92 Å². The zero-order valence-electron chi connectivity index (χ0n) is 15.6. The van der Waals surface area contributed by atoms with Crippen molar-refractivity contribution in [2.45, 2.75) is 13.5 Å². The van der Waals surface area contributed by atoms with Gasteiger partial charge in [-0.2, -0.15) is 0 Å². The number of halogens is 1. The lowest BCUT2D eigenvalue weighted by Crippen LogP contribution is -2.35. The van der Waals surface area contributed by atoms with Crippen molar-refractivity contribution in [2.75, 3.05) is 32.1 Å². The van der Waals surface area contributed by atoms with Crippen molar-refractivity contribution >= 4 is 34.5 Å². The van der Waals surface area contributed by atoms with Crippen LogP contribution < -0.4 is 5.32 Å². The van der Waals surface area contributed by atoms with Crippen LogP contribution in [0.25, 0.3) is 10.8 Å². The monoisotopic (exact) mass is 420 g/mol. The summed E-state index contributed by atoms with van der Waals surface area (Å²) in [4.78, 5) is 15.3. The molecular formula is C19H21ClN4O3S. The molecule has 0 atom stereocenters. The van der Waals surface area contributed by atoms with E-state index < -0.39 is 0 Å². The molecule has 0 radical (unpaired) electrons. The maximum Gasteiger partial charge on any atom is 0.257 e. The summed E-state index contributed by atoms with van der Waals surface area (Å²) < 4.78 is 10.9. The van der Waals surface area contributed by atoms with Gasteiger partial charge in [0.2, 0.25) is 11.8 Å². The average molecular weight is 421 g/mol. The van der Waals surface area contributed by atoms with Crippen LogP contribution in [-0.4, -0.2) is 47.8 Å². The van der Waals surface area contributed by atoms with E-state index in [2.05, 4.69) is 15.5 Å². The quantitative estimate of drug-likeness (QED) is 0.566. The second-order valence-corrected chi connectivity index (χ2v) is 7.50. The summed E-state index contributed by atoms with van der Waals surface area (Å²) in [6.45, 7) is 3.41. The molecule has 0 spiro atoms. The zero-order valence-corrected chi connectivity index (χ0v) is 17.2. The fourth-order valence-corrected chi connectivity index (χ4v) is 3.40. The predicted octanol–water partition coefficient (Wildman–Crippen LogP) is 3.85. The van der Waals surface area contributed by atoms with Crippen LogP contribution in [0.3, 0.4) is 0 Å². The van der Waals surface area contributed by atoms with Gasteiger partial charge in [-0.05, 0) is 36.1 Å². The van der Waals surface area contributed by atoms with Crippen LogP contribution >= 0.6 is 22.9 Å². The highest BCUT2D eigenvalue weighted by Gasteiger charge is 2.17. The highest BCUT2D eigenvalue weighted by atomic mass is 35.5. The van der Waals surface area contributed by atoms with Gasteiger partial charge in [0, 0.05) is 24.4 Å². The Morgan fingerprint density at radius 3 is 2.93 bits per heavy atom. The molecule has 0 aliphatic rings. The fraction of sp³-hybridized carbons (Fsp3) is 0.316. The average Bonchev–Trinajstić information content (AvgIpc) is 3.35. The number of hydrogen-bond acceptors (Lipinski definition) is 7. The number of carbonyl (C=O) groups excluding carboxylic acids is 1. The molecule has 0 saturated carbocycles. The first-order valence-corrected chi connectivity index (χ1v) is 9.95. The van der Waals surface area contributed by atoms with E-state index in [4.69, 9.17) is 20.8 Å². The third-order valence-corrected chi connectivity index (χ3v) is 5.35. The van der Waals surface area contributed by atoms with Gasteiger partial charge in [-0.25, -0.2) is 0 Å². The molecule has 0 aliphatic carbocycles. The van der Waals surface area contributed by atoms with Gasteiger partial charge < -0.3 is 14.5 Å². The topological polar surface area (TPSA) is 80.5 Å². The van der Waals surface area contributed by atoms with Crippen molar-refractivity contribution in [3.63, 3.8) is 0 Å². The third-order valence-electron chi connectivity index (χ3n) is 4.08. The van der Waals surface area contributed by atoms with Gasteiger partial charge in [0.15, 0.2) is 0 Å². The molecule has 7 nitrogen and oxygen atoms in total. The molecule has 3 aromatic rings. The second-order valence-electron chi connectivity index (χ2n) is 6.14. The number of methoxy groups -OCH3 is 1. The Hall–Kier alpha value is -2.26. The molecule has 1 N–H and O–H groups in total. The zero-order chi connectivity index (χ0) is 19.9. The minimum Gasteiger partial charge on any atom is -0.419 e. The number of rotatable bonds is 9. The van der Waals surface area contributed by atoms with Crippen molar-refractivity contribution in [3.05, 3.63) is 52.2 Å². The van der Waals surface area contributed by atoms with Crippen molar-refractivity contribution in [3.8, 4) is 10.8 Å². The number of ether oxygens (including phenoxy) is 1. The molecule has 0 fully saturated rings. The molecule has 0 saturated heterocycles. The predicted molar refractivity (Wildman–Crippen MR) is 110 cm³/mol. The van der Waals surface area contributed by atoms with Gasteiger partial charge in [0.25, 0.3) is 5.89 Å². The number of amides is 1. The lowest BCUT2D eigenvalue weighted by Gasteiger charge is -2.20. The number of nitrogens with zero attached hydrogens (tertiary/aromatic N) is 3. The SMILES string of the molecule is COCCN(CC(=O)Nc1cccc(Cl)c1C)Cc1nnc(-c2cccs2)o1. The summed E-state index contributed by atoms with van der Waals surface area (Å²) in [6.07, 6.45) is 0. The molecule has 3 rings (SSSR count). The maximum atomic E-state index is 12.5. The number of benzene rings is 1. The lowest BCUT2D eigenvalue weighted by atomic mass is 10.2. The maximum absolute atomic E-state index is 12.5. The van der Waals surface area contributed by atoms with E-state index in [0.29, 0.717) is 42.2 Å². The Bertz CT molecular complexity index is 914. The summed E-state index contributed by atoms with van der Waals surface area (Å²) in [5.41, 5.74) is 1.53. The van der Waals surface area contributed by atoms with Gasteiger partial charge >= 0.3 is 0 Å². The largest absolute Gasteiger partial charge is 0.419 e. The standard InChI is InChI=1S/C19H21ClN4O3S/c1-13-14(20)5-3-6-15(13)21-17(25)11-24(8-9-26-2)12-18-22-23-19(27-18)16-7-4-10-28-16/h3-7,10H,8-9,11-12H2,1-2H3,(H,21,25). The first-order chi connectivity index (χ1) is 13.6. The molecule has 0 unspecified atom stereocenters. The molecule has 148 valence electrons. The van der Waals surface area contributed by atoms with Crippen molar-refractivity contribution < 1.29 is 13.9 Å². The van der Waals surface area contributed by atoms with E-state index >= 15 is 0 Å². The minimum atomic E-state index is -0.153. The molecule has 0 aliphatic heterocycles. The van der Waals surface area contributed by atoms with E-state index in [1.807, 2.05) is 35.4 Å². The number of nitrogens with one attached hydrogen (secondary N) is 1. The van der Waals surface area contributed by atoms with Crippen LogP contribution in [0.4, 0.5) is 5.69 Å². The molecular weight excluding hydrogens is 400 g/mol. The van der Waals surface area contributed by atoms with Crippen LogP contribution in [-0.2, 0) is 16.1 Å². The Morgan fingerprint density at radius 1 is 1.32 bits per heavy atom. The number of thiophene rings is 1. The van der Waals surface area contributed by atoms with Gasteiger partial charge in [-0.3, -0.25) is 9.69 Å². The lowest BCUT2D eigenvalue weighted by molar-refractivity contribution is -0.117. The van der Waals surface area contributed by atoms with E-state index in [1.165, 1.54) is 11.3 Å². The number of aromatic nitrogens is 2. The summed E-state index contributed by atoms with van der Waals surface area (Å²) in [6, 6.07) is 9.27. The van der Waals surface area contributed by atoms with Crippen LogP contribution in [0.15, 0.2) is 40.1 Å². The summed E-state index contributed by atoms with van der Waals surface area (Å²) in [5, 5.41) is 13.6. The van der Waals surface area contributed by atoms with E-state index in [0.717, 1.165) is 10.4 Å². The third kappa shape index (κ3) is 5.39. The Balaban J connectivity index is 1.64. The van der Waals surface area contributed by atoms with Gasteiger partial charge in [-0.1, -0.05) is 23.7 Å². The van der Waals surface area contributed by atoms with Gasteiger partial charge in [0.05, 0.1) is 24.6 Å². The summed E-state index contributed by atoms with van der Waals surface area (Å²) in [5.74, 6) is 0.779. The number of carbonyl (C=O) groups is 1. The van der Waals surface area contributed by atoms with Crippen LogP contribution in [0.1, 0.15) is 11.5 Å². The summed E-state index contributed by atoms with van der Waals surface area (Å²) >= 11 is 7.65. The molecule has 0 bridgehead atoms. The normalized spacial score (nSPS) is 11.1. The first kappa shape index (κ1) is 20.5. The second kappa shape index (κ2) is 9.79. The first-order valence-electron chi connectivity index (χ1n) is 8.69. The minimum absolute atomic E-state index is 0.153. The van der Waals surface area contributed by atoms with Crippen LogP contribution in [0.5, 0.6) is 0 Å². The highest BCUT2D eigenvalue weighted by Crippen LogP contribution is 2.24. The van der Waals surface area contributed by atoms with Crippen LogP contribution in [0.2, 0.25) is 5.02 Å². The van der Waals surface area contributed by atoms with Gasteiger partial charge in [-0.15, -0.1) is 21.5 Å². The Kier molecular flexibility index (Phi) is 7.16. The van der Waals surface area contributed by atoms with Gasteiger partial charge in [0.1, 0.15) is 0 Å².